The van der Waals surface area contributed by atoms with Gasteiger partial charge in [-0.3, -0.25) is 9.59 Å². The van der Waals surface area contributed by atoms with Crippen molar-refractivity contribution < 1.29 is 4.79 Å². The monoisotopic (exact) mass is 391 g/mol. The maximum absolute atomic E-state index is 12.5. The van der Waals surface area contributed by atoms with Gasteiger partial charge in [0.2, 0.25) is 5.91 Å². The third-order valence-corrected chi connectivity index (χ3v) is 5.34. The van der Waals surface area contributed by atoms with Crippen LogP contribution < -0.4 is 15.8 Å². The van der Waals surface area contributed by atoms with Crippen LogP contribution in [0, 0.1) is 0 Å². The lowest BCUT2D eigenvalue weighted by Crippen LogP contribution is -2.30. The lowest BCUT2D eigenvalue weighted by atomic mass is 10.1. The van der Waals surface area contributed by atoms with Crippen molar-refractivity contribution in [1.82, 2.24) is 20.1 Å². The van der Waals surface area contributed by atoms with Gasteiger partial charge in [0.25, 0.3) is 5.56 Å². The molecule has 0 saturated carbocycles. The number of piperidine rings is 1. The second kappa shape index (κ2) is 8.43. The van der Waals surface area contributed by atoms with Crippen LogP contribution in [0.5, 0.6) is 0 Å². The van der Waals surface area contributed by atoms with Crippen LogP contribution in [0.4, 0.5) is 5.82 Å². The average molecular weight is 391 g/mol. The Hall–Kier alpha value is -3.22. The molecule has 4 rings (SSSR count). The summed E-state index contributed by atoms with van der Waals surface area (Å²) in [6, 6.07) is 11.3. The molecule has 0 atom stereocenters. The third-order valence-electron chi connectivity index (χ3n) is 5.34. The number of carbonyl (C=O) groups is 1. The van der Waals surface area contributed by atoms with Crippen LogP contribution in [0.2, 0.25) is 0 Å². The summed E-state index contributed by atoms with van der Waals surface area (Å²) >= 11 is 0. The van der Waals surface area contributed by atoms with Gasteiger partial charge in [-0.05, 0) is 37.0 Å². The normalized spacial score (nSPS) is 14.2. The van der Waals surface area contributed by atoms with Crippen LogP contribution in [-0.4, -0.2) is 33.8 Å². The van der Waals surface area contributed by atoms with Gasteiger partial charge in [-0.25, -0.2) is 9.67 Å². The summed E-state index contributed by atoms with van der Waals surface area (Å²) in [5, 5.41) is 8.50. The predicted molar refractivity (Wildman–Crippen MR) is 113 cm³/mol. The van der Waals surface area contributed by atoms with Gasteiger partial charge in [0.05, 0.1) is 17.5 Å². The summed E-state index contributed by atoms with van der Waals surface area (Å²) in [6.07, 6.45) is 5.67. The summed E-state index contributed by atoms with van der Waals surface area (Å²) in [7, 11) is 1.60. The molecule has 150 valence electrons. The molecule has 1 amide bonds. The highest BCUT2D eigenvalue weighted by molar-refractivity contribution is 5.88. The van der Waals surface area contributed by atoms with Crippen molar-refractivity contribution in [3.05, 3.63) is 64.2 Å². The van der Waals surface area contributed by atoms with Crippen LogP contribution in [0.1, 0.15) is 30.5 Å². The molecule has 3 aromatic rings. The van der Waals surface area contributed by atoms with E-state index in [0.717, 1.165) is 29.9 Å². The molecular formula is C22H25N5O2. The van der Waals surface area contributed by atoms with Crippen molar-refractivity contribution in [1.29, 1.82) is 0 Å². The van der Waals surface area contributed by atoms with Crippen molar-refractivity contribution >= 4 is 22.5 Å². The van der Waals surface area contributed by atoms with Crippen LogP contribution in [0.25, 0.3) is 10.8 Å². The zero-order valence-electron chi connectivity index (χ0n) is 16.6. The molecular weight excluding hydrogens is 366 g/mol. The van der Waals surface area contributed by atoms with Crippen molar-refractivity contribution in [3.8, 4) is 0 Å². The molecule has 2 aromatic heterocycles. The first kappa shape index (κ1) is 19.1. The molecule has 1 aromatic carbocycles. The van der Waals surface area contributed by atoms with Gasteiger partial charge < -0.3 is 10.2 Å². The number of hydrogen-bond donors (Lipinski definition) is 1. The molecule has 0 radical (unpaired) electrons. The number of benzene rings is 1. The number of hydrogen-bond acceptors (Lipinski definition) is 5. The fourth-order valence-electron chi connectivity index (χ4n) is 3.75. The van der Waals surface area contributed by atoms with Gasteiger partial charge >= 0.3 is 0 Å². The van der Waals surface area contributed by atoms with E-state index in [2.05, 4.69) is 20.3 Å². The highest BCUT2D eigenvalue weighted by Gasteiger charge is 2.13. The maximum atomic E-state index is 12.5. The first-order chi connectivity index (χ1) is 14.1. The van der Waals surface area contributed by atoms with E-state index in [1.54, 1.807) is 13.1 Å². The van der Waals surface area contributed by atoms with Crippen LogP contribution >= 0.6 is 0 Å². The highest BCUT2D eigenvalue weighted by Crippen LogP contribution is 2.17. The van der Waals surface area contributed by atoms with Crippen LogP contribution in [0.3, 0.4) is 0 Å². The number of amides is 1. The molecule has 7 heteroatoms. The zero-order valence-corrected chi connectivity index (χ0v) is 16.6. The number of aryl methyl sites for hydroxylation is 1. The Morgan fingerprint density at radius 1 is 1.07 bits per heavy atom. The van der Waals surface area contributed by atoms with Crippen LogP contribution in [0.15, 0.2) is 47.4 Å². The number of nitrogens with one attached hydrogen (secondary N) is 1. The van der Waals surface area contributed by atoms with Gasteiger partial charge in [0, 0.05) is 38.3 Å². The van der Waals surface area contributed by atoms with E-state index in [-0.39, 0.29) is 17.9 Å². The first-order valence-electron chi connectivity index (χ1n) is 10.0. The fraction of sp³-hybridized carbons (Fsp3) is 0.364. The second-order valence-electron chi connectivity index (χ2n) is 7.45. The number of anilines is 1. The molecule has 0 unspecified atom stereocenters. The Morgan fingerprint density at radius 2 is 1.83 bits per heavy atom. The maximum Gasteiger partial charge on any atom is 0.274 e. The molecule has 0 bridgehead atoms. The summed E-state index contributed by atoms with van der Waals surface area (Å²) in [5.74, 6) is 0.863. The summed E-state index contributed by atoms with van der Waals surface area (Å²) in [6.45, 7) is 2.53. The summed E-state index contributed by atoms with van der Waals surface area (Å²) < 4.78 is 1.29. The molecule has 1 aliphatic heterocycles. The van der Waals surface area contributed by atoms with E-state index in [4.69, 9.17) is 0 Å². The molecule has 0 spiro atoms. The van der Waals surface area contributed by atoms with E-state index in [0.29, 0.717) is 17.6 Å². The Bertz CT molecular complexity index is 1070. The first-order valence-corrected chi connectivity index (χ1v) is 10.0. The molecule has 1 fully saturated rings. The molecule has 3 heterocycles. The smallest absolute Gasteiger partial charge is 0.274 e. The fourth-order valence-corrected chi connectivity index (χ4v) is 3.75. The standard InChI is InChI=1S/C22H25N5O2/c1-26-22(29)18-8-4-3-7-17(18)19(25-26)13-21(28)24-15-16-9-10-20(23-14-16)27-11-5-2-6-12-27/h3-4,7-10,14H,2,5-6,11-13,15H2,1H3,(H,24,28). The van der Waals surface area contributed by atoms with Gasteiger partial charge in [0.15, 0.2) is 0 Å². The van der Waals surface area contributed by atoms with E-state index in [9.17, 15) is 9.59 Å². The predicted octanol–water partition coefficient (Wildman–Crippen LogP) is 2.18. The highest BCUT2D eigenvalue weighted by atomic mass is 16.1. The molecule has 1 saturated heterocycles. The number of carbonyl (C=O) groups excluding carboxylic acids is 1. The Morgan fingerprint density at radius 3 is 2.55 bits per heavy atom. The quantitative estimate of drug-likeness (QED) is 0.721. The van der Waals surface area contributed by atoms with E-state index in [1.165, 1.54) is 23.9 Å². The second-order valence-corrected chi connectivity index (χ2v) is 7.45. The van der Waals surface area contributed by atoms with Crippen molar-refractivity contribution in [3.63, 3.8) is 0 Å². The number of rotatable bonds is 5. The Labute approximate surface area is 169 Å². The summed E-state index contributed by atoms with van der Waals surface area (Å²) in [5.41, 5.74) is 1.39. The Kier molecular flexibility index (Phi) is 5.55. The lowest BCUT2D eigenvalue weighted by molar-refractivity contribution is -0.120. The third kappa shape index (κ3) is 4.29. The molecule has 7 nitrogen and oxygen atoms in total. The van der Waals surface area contributed by atoms with Gasteiger partial charge in [-0.1, -0.05) is 24.3 Å². The topological polar surface area (TPSA) is 80.1 Å². The molecule has 0 aliphatic carbocycles. The van der Waals surface area contributed by atoms with Gasteiger partial charge in [-0.2, -0.15) is 5.10 Å². The minimum Gasteiger partial charge on any atom is -0.357 e. The number of nitrogens with zero attached hydrogens (tertiary/aromatic N) is 4. The largest absolute Gasteiger partial charge is 0.357 e. The van der Waals surface area contributed by atoms with Gasteiger partial charge in [-0.15, -0.1) is 0 Å². The number of fused-ring (bicyclic) bond motifs is 1. The van der Waals surface area contributed by atoms with Crippen molar-refractivity contribution in [2.45, 2.75) is 32.2 Å². The number of pyridine rings is 1. The Balaban J connectivity index is 1.40. The molecule has 29 heavy (non-hydrogen) atoms. The number of aromatic nitrogens is 3. The van der Waals surface area contributed by atoms with E-state index >= 15 is 0 Å². The van der Waals surface area contributed by atoms with Crippen LogP contribution in [-0.2, 0) is 24.8 Å². The average Bonchev–Trinajstić information content (AvgIpc) is 2.77. The van der Waals surface area contributed by atoms with E-state index in [1.807, 2.05) is 36.5 Å². The minimum atomic E-state index is -0.162. The van der Waals surface area contributed by atoms with E-state index < -0.39 is 0 Å². The van der Waals surface area contributed by atoms with Crippen molar-refractivity contribution in [2.24, 2.45) is 7.05 Å². The molecule has 1 aliphatic rings. The SMILES string of the molecule is Cn1nc(CC(=O)NCc2ccc(N3CCCCC3)nc2)c2ccccc2c1=O. The lowest BCUT2D eigenvalue weighted by Gasteiger charge is -2.27. The minimum absolute atomic E-state index is 0.119. The van der Waals surface area contributed by atoms with Crippen molar-refractivity contribution in [2.75, 3.05) is 18.0 Å². The zero-order chi connectivity index (χ0) is 20.2. The molecule has 1 N–H and O–H groups in total. The summed E-state index contributed by atoms with van der Waals surface area (Å²) in [4.78, 5) is 31.5. The van der Waals surface area contributed by atoms with Gasteiger partial charge in [0.1, 0.15) is 5.82 Å².